The van der Waals surface area contributed by atoms with E-state index in [2.05, 4.69) is 0 Å². The number of anilines is 1. The molecule has 5 nitrogen and oxygen atoms in total. The van der Waals surface area contributed by atoms with Gasteiger partial charge in [-0.3, -0.25) is 0 Å². The van der Waals surface area contributed by atoms with Crippen LogP contribution < -0.4 is 5.73 Å². The van der Waals surface area contributed by atoms with Crippen LogP contribution in [0.3, 0.4) is 0 Å². The standard InChI is InChI=1S/C10H13ClN2O3S/c11-9-2-1-7(12)5-10(9)17(15,16)13-4-3-8(14)6-13/h1-2,5,8,14H,3-4,6,12H2/t8-/m1/s1. The summed E-state index contributed by atoms with van der Waals surface area (Å²) in [7, 11) is -3.66. The molecule has 0 unspecified atom stereocenters. The minimum atomic E-state index is -3.66. The van der Waals surface area contributed by atoms with Gasteiger partial charge in [-0.25, -0.2) is 8.42 Å². The largest absolute Gasteiger partial charge is 0.399 e. The highest BCUT2D eigenvalue weighted by Gasteiger charge is 2.32. The van der Waals surface area contributed by atoms with Crippen molar-refractivity contribution in [2.75, 3.05) is 18.8 Å². The first-order chi connectivity index (χ1) is 7.91. The van der Waals surface area contributed by atoms with Gasteiger partial charge in [0.2, 0.25) is 10.0 Å². The van der Waals surface area contributed by atoms with Crippen molar-refractivity contribution < 1.29 is 13.5 Å². The number of aliphatic hydroxyl groups is 1. The van der Waals surface area contributed by atoms with E-state index in [1.54, 1.807) is 6.07 Å². The van der Waals surface area contributed by atoms with Crippen LogP contribution >= 0.6 is 11.6 Å². The fourth-order valence-electron chi connectivity index (χ4n) is 1.79. The number of hydrogen-bond donors (Lipinski definition) is 2. The molecular weight excluding hydrogens is 264 g/mol. The molecule has 2 rings (SSSR count). The van der Waals surface area contributed by atoms with Gasteiger partial charge >= 0.3 is 0 Å². The maximum Gasteiger partial charge on any atom is 0.244 e. The number of hydrogen-bond acceptors (Lipinski definition) is 4. The molecule has 1 aliphatic rings. The van der Waals surface area contributed by atoms with Crippen molar-refractivity contribution in [1.82, 2.24) is 4.31 Å². The van der Waals surface area contributed by atoms with Crippen LogP contribution in [0, 0.1) is 0 Å². The van der Waals surface area contributed by atoms with Gasteiger partial charge in [-0.05, 0) is 24.6 Å². The molecule has 0 bridgehead atoms. The Hall–Kier alpha value is -0.820. The first-order valence-corrected chi connectivity index (χ1v) is 6.96. The third-order valence-corrected chi connectivity index (χ3v) is 5.05. The summed E-state index contributed by atoms with van der Waals surface area (Å²) in [5.74, 6) is 0. The molecule has 1 fully saturated rings. The second-order valence-electron chi connectivity index (χ2n) is 4.00. The lowest BCUT2D eigenvalue weighted by molar-refractivity contribution is 0.189. The summed E-state index contributed by atoms with van der Waals surface area (Å²) in [6.45, 7) is 0.405. The van der Waals surface area contributed by atoms with Gasteiger partial charge in [0.25, 0.3) is 0 Å². The molecule has 1 aliphatic heterocycles. The van der Waals surface area contributed by atoms with Crippen LogP contribution in [-0.2, 0) is 10.0 Å². The lowest BCUT2D eigenvalue weighted by Crippen LogP contribution is -2.30. The van der Waals surface area contributed by atoms with Crippen molar-refractivity contribution in [3.8, 4) is 0 Å². The number of nitrogens with two attached hydrogens (primary N) is 1. The Balaban J connectivity index is 2.41. The van der Waals surface area contributed by atoms with Crippen LogP contribution in [0.1, 0.15) is 6.42 Å². The van der Waals surface area contributed by atoms with Crippen LogP contribution in [0.2, 0.25) is 5.02 Å². The summed E-state index contributed by atoms with van der Waals surface area (Å²) in [4.78, 5) is -0.00623. The van der Waals surface area contributed by atoms with Gasteiger partial charge in [-0.2, -0.15) is 4.31 Å². The molecular formula is C10H13ClN2O3S. The van der Waals surface area contributed by atoms with E-state index in [9.17, 15) is 13.5 Å². The van der Waals surface area contributed by atoms with Crippen LogP contribution in [0.5, 0.6) is 0 Å². The molecule has 1 aromatic carbocycles. The SMILES string of the molecule is Nc1ccc(Cl)c(S(=O)(=O)N2CC[C@@H](O)C2)c1. The number of aliphatic hydroxyl groups excluding tert-OH is 1. The van der Waals surface area contributed by atoms with Gasteiger partial charge < -0.3 is 10.8 Å². The summed E-state index contributed by atoms with van der Waals surface area (Å²) in [5, 5.41) is 9.51. The maximum atomic E-state index is 12.2. The predicted octanol–water partition coefficient (Wildman–Crippen LogP) is 0.678. The number of β-amino-alcohol motifs (C(OH)–C–C–N with tert-alkyl or cyclic N) is 1. The highest BCUT2D eigenvalue weighted by Crippen LogP contribution is 2.28. The van der Waals surface area contributed by atoms with Gasteiger partial charge in [-0.15, -0.1) is 0 Å². The third-order valence-electron chi connectivity index (χ3n) is 2.70. The predicted molar refractivity (Wildman–Crippen MR) is 65.2 cm³/mol. The molecule has 7 heteroatoms. The number of benzene rings is 1. The molecule has 94 valence electrons. The van der Waals surface area contributed by atoms with Gasteiger partial charge in [0.15, 0.2) is 0 Å². The van der Waals surface area contributed by atoms with Crippen LogP contribution in [0.4, 0.5) is 5.69 Å². The zero-order valence-electron chi connectivity index (χ0n) is 9.01. The maximum absolute atomic E-state index is 12.2. The highest BCUT2D eigenvalue weighted by molar-refractivity contribution is 7.89. The number of nitrogens with zero attached hydrogens (tertiary/aromatic N) is 1. The first kappa shape index (κ1) is 12.6. The molecule has 0 radical (unpaired) electrons. The third kappa shape index (κ3) is 2.40. The zero-order chi connectivity index (χ0) is 12.6. The van der Waals surface area contributed by atoms with Gasteiger partial charge in [-0.1, -0.05) is 11.6 Å². The molecule has 1 atom stereocenters. The summed E-state index contributed by atoms with van der Waals surface area (Å²) in [6, 6.07) is 4.33. The fourth-order valence-corrected chi connectivity index (χ4v) is 3.79. The average Bonchev–Trinajstić information content (AvgIpc) is 2.69. The van der Waals surface area contributed by atoms with Crippen LogP contribution in [0.15, 0.2) is 23.1 Å². The van der Waals surface area contributed by atoms with E-state index in [4.69, 9.17) is 17.3 Å². The van der Waals surface area contributed by atoms with Crippen molar-refractivity contribution >= 4 is 27.3 Å². The molecule has 1 aromatic rings. The number of sulfonamides is 1. The smallest absolute Gasteiger partial charge is 0.244 e. The second-order valence-corrected chi connectivity index (χ2v) is 6.31. The van der Waals surface area contributed by atoms with Crippen LogP contribution in [-0.4, -0.2) is 37.0 Å². The monoisotopic (exact) mass is 276 g/mol. The Morgan fingerprint density at radius 2 is 2.18 bits per heavy atom. The minimum Gasteiger partial charge on any atom is -0.399 e. The van der Waals surface area contributed by atoms with Crippen molar-refractivity contribution in [1.29, 1.82) is 0 Å². The van der Waals surface area contributed by atoms with Crippen molar-refractivity contribution in [2.45, 2.75) is 17.4 Å². The lowest BCUT2D eigenvalue weighted by atomic mass is 10.3. The Bertz CT molecular complexity index is 532. The Morgan fingerprint density at radius 1 is 1.47 bits per heavy atom. The normalized spacial score (nSPS) is 21.9. The van der Waals surface area contributed by atoms with Gasteiger partial charge in [0, 0.05) is 18.8 Å². The number of nitrogen functional groups attached to an aromatic ring is 1. The van der Waals surface area contributed by atoms with E-state index in [-0.39, 0.29) is 16.5 Å². The van der Waals surface area contributed by atoms with E-state index in [0.29, 0.717) is 18.7 Å². The Morgan fingerprint density at radius 3 is 2.76 bits per heavy atom. The minimum absolute atomic E-state index is 0.00623. The van der Waals surface area contributed by atoms with E-state index in [1.807, 2.05) is 0 Å². The number of rotatable bonds is 2. The van der Waals surface area contributed by atoms with Gasteiger partial charge in [0.05, 0.1) is 11.1 Å². The average molecular weight is 277 g/mol. The molecule has 0 aliphatic carbocycles. The van der Waals surface area contributed by atoms with Crippen molar-refractivity contribution in [3.63, 3.8) is 0 Å². The quantitative estimate of drug-likeness (QED) is 0.778. The van der Waals surface area contributed by atoms with Crippen molar-refractivity contribution in [3.05, 3.63) is 23.2 Å². The summed E-state index contributed by atoms with van der Waals surface area (Å²) in [6.07, 6.45) is -0.163. The number of halogens is 1. The Kier molecular flexibility index (Phi) is 3.31. The van der Waals surface area contributed by atoms with Crippen molar-refractivity contribution in [2.24, 2.45) is 0 Å². The molecule has 1 heterocycles. The molecule has 3 N–H and O–H groups in total. The van der Waals surface area contributed by atoms with E-state index >= 15 is 0 Å². The second kappa shape index (κ2) is 4.45. The van der Waals surface area contributed by atoms with Gasteiger partial charge in [0.1, 0.15) is 4.90 Å². The van der Waals surface area contributed by atoms with Crippen LogP contribution in [0.25, 0.3) is 0 Å². The summed E-state index contributed by atoms with van der Waals surface area (Å²) >= 11 is 5.87. The molecule has 1 saturated heterocycles. The van der Waals surface area contributed by atoms with E-state index in [1.165, 1.54) is 16.4 Å². The molecule has 0 spiro atoms. The first-order valence-electron chi connectivity index (χ1n) is 5.14. The molecule has 0 aromatic heterocycles. The summed E-state index contributed by atoms with van der Waals surface area (Å²) in [5.41, 5.74) is 5.90. The van der Waals surface area contributed by atoms with E-state index < -0.39 is 16.1 Å². The molecule has 0 amide bonds. The highest BCUT2D eigenvalue weighted by atomic mass is 35.5. The summed E-state index contributed by atoms with van der Waals surface area (Å²) < 4.78 is 25.7. The van der Waals surface area contributed by atoms with E-state index in [0.717, 1.165) is 0 Å². The lowest BCUT2D eigenvalue weighted by Gasteiger charge is -2.16. The molecule has 17 heavy (non-hydrogen) atoms. The zero-order valence-corrected chi connectivity index (χ0v) is 10.6. The fraction of sp³-hybridized carbons (Fsp3) is 0.400. The Labute approximate surface area is 105 Å². The topological polar surface area (TPSA) is 83.6 Å². The molecule has 0 saturated carbocycles.